The lowest BCUT2D eigenvalue weighted by Gasteiger charge is -2.11. The fraction of sp³-hybridized carbons (Fsp3) is 0.250. The van der Waals surface area contributed by atoms with Gasteiger partial charge in [0.15, 0.2) is 0 Å². The van der Waals surface area contributed by atoms with Gasteiger partial charge in [0, 0.05) is 36.8 Å². The Bertz CT molecular complexity index is 1520. The second kappa shape index (κ2) is 7.33. The third-order valence-corrected chi connectivity index (χ3v) is 5.60. The van der Waals surface area contributed by atoms with Crippen molar-refractivity contribution in [1.29, 1.82) is 0 Å². The summed E-state index contributed by atoms with van der Waals surface area (Å²) in [5.41, 5.74) is 5.06. The molecule has 5 aromatic rings. The Labute approximate surface area is 184 Å². The second-order valence-electron chi connectivity index (χ2n) is 8.25. The van der Waals surface area contributed by atoms with Gasteiger partial charge in [-0.25, -0.2) is 9.36 Å². The smallest absolute Gasteiger partial charge is 0.334 e. The molecule has 0 N–H and O–H groups in total. The zero-order valence-corrected chi connectivity index (χ0v) is 18.7. The van der Waals surface area contributed by atoms with Gasteiger partial charge in [0.2, 0.25) is 0 Å². The highest BCUT2D eigenvalue weighted by Crippen LogP contribution is 2.31. The summed E-state index contributed by atoms with van der Waals surface area (Å²) in [5.74, 6) is 1.46. The average Bonchev–Trinajstić information content (AvgIpc) is 3.23. The van der Waals surface area contributed by atoms with E-state index in [-0.39, 0.29) is 11.8 Å². The van der Waals surface area contributed by atoms with Crippen LogP contribution in [-0.2, 0) is 14.1 Å². The van der Waals surface area contributed by atoms with E-state index in [0.717, 1.165) is 50.2 Å². The van der Waals surface area contributed by atoms with Crippen LogP contribution in [0.4, 0.5) is 0 Å². The fourth-order valence-electron chi connectivity index (χ4n) is 4.15. The van der Waals surface area contributed by atoms with E-state index in [1.165, 1.54) is 0 Å². The van der Waals surface area contributed by atoms with Gasteiger partial charge in [-0.15, -0.1) is 0 Å². The summed E-state index contributed by atoms with van der Waals surface area (Å²) in [5, 5.41) is 5.22. The highest BCUT2D eigenvalue weighted by molar-refractivity contribution is 6.04. The molecule has 32 heavy (non-hydrogen) atoms. The Morgan fingerprint density at radius 2 is 1.81 bits per heavy atom. The van der Waals surface area contributed by atoms with Crippen molar-refractivity contribution in [2.24, 2.45) is 14.1 Å². The highest BCUT2D eigenvalue weighted by atomic mass is 16.5. The number of aryl methyl sites for hydroxylation is 3. The molecule has 0 aliphatic rings. The van der Waals surface area contributed by atoms with Gasteiger partial charge < -0.3 is 4.74 Å². The Balaban J connectivity index is 1.81. The molecule has 4 heterocycles. The molecule has 0 aliphatic heterocycles. The van der Waals surface area contributed by atoms with E-state index in [9.17, 15) is 4.79 Å². The van der Waals surface area contributed by atoms with E-state index < -0.39 is 0 Å². The van der Waals surface area contributed by atoms with E-state index in [2.05, 4.69) is 21.1 Å². The number of hydrogen-bond acceptors (Lipinski definition) is 5. The summed E-state index contributed by atoms with van der Waals surface area (Å²) in [7, 11) is 3.61. The average molecular weight is 428 g/mol. The number of rotatable bonds is 4. The van der Waals surface area contributed by atoms with Crippen LogP contribution < -0.4 is 10.4 Å². The van der Waals surface area contributed by atoms with Crippen molar-refractivity contribution < 1.29 is 4.74 Å². The standard InChI is InChI=1S/C24H24N6O2/c1-14(2)32-18-8-17(11-25-12-18)16-6-7-20-19(9-16)22-21(13-26-20)28(4)24(31)30(22)23-15(3)10-27-29(23)5/h6-14H,1-5H3. The van der Waals surface area contributed by atoms with Crippen molar-refractivity contribution >= 4 is 21.9 Å². The molecular formula is C24H24N6O2. The lowest BCUT2D eigenvalue weighted by Crippen LogP contribution is -2.23. The molecule has 0 saturated heterocycles. The molecule has 0 saturated carbocycles. The summed E-state index contributed by atoms with van der Waals surface area (Å²) in [6, 6.07) is 8.02. The number of imidazole rings is 1. The first-order chi connectivity index (χ1) is 15.3. The third-order valence-electron chi connectivity index (χ3n) is 5.60. The largest absolute Gasteiger partial charge is 0.489 e. The maximum atomic E-state index is 13.3. The van der Waals surface area contributed by atoms with Gasteiger partial charge >= 0.3 is 5.69 Å². The Morgan fingerprint density at radius 3 is 2.53 bits per heavy atom. The second-order valence-corrected chi connectivity index (χ2v) is 8.25. The number of pyridine rings is 2. The maximum Gasteiger partial charge on any atom is 0.334 e. The molecule has 162 valence electrons. The molecule has 0 spiro atoms. The predicted molar refractivity (Wildman–Crippen MR) is 124 cm³/mol. The van der Waals surface area contributed by atoms with Crippen LogP contribution in [-0.4, -0.2) is 35.0 Å². The molecule has 8 nitrogen and oxygen atoms in total. The van der Waals surface area contributed by atoms with Gasteiger partial charge in [0.25, 0.3) is 0 Å². The summed E-state index contributed by atoms with van der Waals surface area (Å²) in [6.07, 6.45) is 7.10. The molecule has 1 aromatic carbocycles. The van der Waals surface area contributed by atoms with Crippen molar-refractivity contribution in [3.8, 4) is 22.7 Å². The Hall–Kier alpha value is -3.94. The quantitative estimate of drug-likeness (QED) is 0.435. The first kappa shape index (κ1) is 20.0. The van der Waals surface area contributed by atoms with Crippen LogP contribution in [0.5, 0.6) is 5.75 Å². The molecule has 0 radical (unpaired) electrons. The van der Waals surface area contributed by atoms with E-state index in [1.807, 2.05) is 52.2 Å². The first-order valence-corrected chi connectivity index (χ1v) is 10.5. The van der Waals surface area contributed by atoms with E-state index >= 15 is 0 Å². The minimum atomic E-state index is -0.139. The predicted octanol–water partition coefficient (Wildman–Crippen LogP) is 3.77. The van der Waals surface area contributed by atoms with Gasteiger partial charge in [-0.2, -0.15) is 5.10 Å². The molecule has 0 atom stereocenters. The molecule has 0 fully saturated rings. The van der Waals surface area contributed by atoms with E-state index in [4.69, 9.17) is 4.74 Å². The van der Waals surface area contributed by atoms with Gasteiger partial charge in [-0.05, 0) is 44.5 Å². The molecule has 0 amide bonds. The van der Waals surface area contributed by atoms with Crippen LogP contribution in [0.15, 0.2) is 53.8 Å². The van der Waals surface area contributed by atoms with Gasteiger partial charge in [0.1, 0.15) is 11.6 Å². The maximum absolute atomic E-state index is 13.3. The van der Waals surface area contributed by atoms with Gasteiger partial charge in [0.05, 0.1) is 41.2 Å². The van der Waals surface area contributed by atoms with Crippen LogP contribution in [0, 0.1) is 6.92 Å². The molecule has 5 rings (SSSR count). The molecule has 8 heteroatoms. The van der Waals surface area contributed by atoms with E-state index in [0.29, 0.717) is 0 Å². The van der Waals surface area contributed by atoms with E-state index in [1.54, 1.807) is 39.5 Å². The first-order valence-electron chi connectivity index (χ1n) is 10.5. The molecule has 0 bridgehead atoms. The van der Waals surface area contributed by atoms with Crippen LogP contribution in [0.1, 0.15) is 19.4 Å². The normalized spacial score (nSPS) is 11.7. The van der Waals surface area contributed by atoms with Crippen LogP contribution in [0.25, 0.3) is 38.9 Å². The van der Waals surface area contributed by atoms with Crippen LogP contribution in [0.3, 0.4) is 0 Å². The fourth-order valence-corrected chi connectivity index (χ4v) is 4.15. The number of ether oxygens (including phenoxy) is 1. The minimum absolute atomic E-state index is 0.0633. The number of aromatic nitrogens is 6. The summed E-state index contributed by atoms with van der Waals surface area (Å²) in [4.78, 5) is 22.2. The lowest BCUT2D eigenvalue weighted by molar-refractivity contribution is 0.241. The summed E-state index contributed by atoms with van der Waals surface area (Å²) < 4.78 is 10.9. The van der Waals surface area contributed by atoms with Crippen molar-refractivity contribution in [2.45, 2.75) is 26.9 Å². The number of fused-ring (bicyclic) bond motifs is 3. The number of nitrogens with zero attached hydrogens (tertiary/aromatic N) is 6. The highest BCUT2D eigenvalue weighted by Gasteiger charge is 2.20. The lowest BCUT2D eigenvalue weighted by atomic mass is 10.0. The SMILES string of the molecule is Cc1cnn(C)c1-n1c(=O)n(C)c2cnc3ccc(-c4cncc(OC(C)C)c4)cc3c21. The topological polar surface area (TPSA) is 79.8 Å². The van der Waals surface area contributed by atoms with Crippen LogP contribution >= 0.6 is 0 Å². The number of benzene rings is 1. The number of hydrogen-bond donors (Lipinski definition) is 0. The monoisotopic (exact) mass is 428 g/mol. The summed E-state index contributed by atoms with van der Waals surface area (Å²) in [6.45, 7) is 5.93. The molecule has 4 aromatic heterocycles. The van der Waals surface area contributed by atoms with Crippen LogP contribution in [0.2, 0.25) is 0 Å². The minimum Gasteiger partial charge on any atom is -0.489 e. The zero-order valence-electron chi connectivity index (χ0n) is 18.7. The summed E-state index contributed by atoms with van der Waals surface area (Å²) >= 11 is 0. The molecule has 0 unspecified atom stereocenters. The van der Waals surface area contributed by atoms with Crippen molar-refractivity contribution in [3.05, 3.63) is 65.1 Å². The third kappa shape index (κ3) is 3.07. The zero-order chi connectivity index (χ0) is 22.6. The van der Waals surface area contributed by atoms with Crippen molar-refractivity contribution in [1.82, 2.24) is 28.9 Å². The van der Waals surface area contributed by atoms with Crippen molar-refractivity contribution in [3.63, 3.8) is 0 Å². The molecule has 0 aliphatic carbocycles. The van der Waals surface area contributed by atoms with Gasteiger partial charge in [-0.3, -0.25) is 19.2 Å². The van der Waals surface area contributed by atoms with Gasteiger partial charge in [-0.1, -0.05) is 6.07 Å². The Morgan fingerprint density at radius 1 is 1.00 bits per heavy atom. The van der Waals surface area contributed by atoms with Crippen molar-refractivity contribution in [2.75, 3.05) is 0 Å². The molecular weight excluding hydrogens is 404 g/mol. The Kier molecular flexibility index (Phi) is 4.58.